The molecule has 2 aliphatic carbocycles. The van der Waals surface area contributed by atoms with E-state index >= 15 is 0 Å². The maximum absolute atomic E-state index is 14.7. The molecule has 2 aliphatic rings. The number of hydrogen-bond donors (Lipinski definition) is 0. The van der Waals surface area contributed by atoms with Crippen LogP contribution in [0.4, 0.5) is 8.78 Å². The fraction of sp³-hybridized carbons (Fsp3) is 0.583. The molecule has 0 radical (unpaired) electrons. The van der Waals surface area contributed by atoms with Gasteiger partial charge < -0.3 is 0 Å². The van der Waals surface area contributed by atoms with E-state index in [1.807, 2.05) is 12.1 Å². The van der Waals surface area contributed by atoms with Crippen molar-refractivity contribution in [3.05, 3.63) is 47.5 Å². The average molecular weight is 357 g/mol. The first-order valence-corrected chi connectivity index (χ1v) is 10.5. The molecule has 140 valence electrons. The first-order chi connectivity index (χ1) is 12.7. The van der Waals surface area contributed by atoms with Crippen LogP contribution in [0.1, 0.15) is 76.2 Å². The number of hydrogen-bond acceptors (Lipinski definition) is 0. The highest BCUT2D eigenvalue weighted by atomic mass is 19.1. The SMILES string of the molecule is CCCCC1CCC2CC(c3cc4cccc(F)c4cc3F)CCC2C1. The third-order valence-corrected chi connectivity index (χ3v) is 7.07. The number of fused-ring (bicyclic) bond motifs is 2. The van der Waals surface area contributed by atoms with E-state index in [4.69, 9.17) is 0 Å². The van der Waals surface area contributed by atoms with Crippen LogP contribution in [0.2, 0.25) is 0 Å². The monoisotopic (exact) mass is 356 g/mol. The summed E-state index contributed by atoms with van der Waals surface area (Å²) in [5.74, 6) is 2.28. The Balaban J connectivity index is 1.49. The molecule has 4 unspecified atom stereocenters. The Hall–Kier alpha value is -1.44. The first-order valence-electron chi connectivity index (χ1n) is 10.5. The minimum absolute atomic E-state index is 0.220. The van der Waals surface area contributed by atoms with E-state index in [1.54, 1.807) is 6.07 Å². The summed E-state index contributed by atoms with van der Waals surface area (Å²) in [6.45, 7) is 2.28. The molecular weight excluding hydrogens is 326 g/mol. The van der Waals surface area contributed by atoms with E-state index in [9.17, 15) is 8.78 Å². The summed E-state index contributed by atoms with van der Waals surface area (Å²) in [5, 5.41) is 1.23. The smallest absolute Gasteiger partial charge is 0.131 e. The summed E-state index contributed by atoms with van der Waals surface area (Å²) in [6, 6.07) is 8.34. The lowest BCUT2D eigenvalue weighted by atomic mass is 9.63. The van der Waals surface area contributed by atoms with Gasteiger partial charge in [-0.3, -0.25) is 0 Å². The van der Waals surface area contributed by atoms with E-state index in [-0.39, 0.29) is 11.6 Å². The molecule has 2 fully saturated rings. The average Bonchev–Trinajstić information content (AvgIpc) is 2.66. The van der Waals surface area contributed by atoms with Crippen LogP contribution in [0.5, 0.6) is 0 Å². The van der Waals surface area contributed by atoms with Gasteiger partial charge in [0.05, 0.1) is 0 Å². The second-order valence-corrected chi connectivity index (χ2v) is 8.69. The predicted molar refractivity (Wildman–Crippen MR) is 104 cm³/mol. The van der Waals surface area contributed by atoms with E-state index in [1.165, 1.54) is 57.1 Å². The van der Waals surface area contributed by atoms with Crippen molar-refractivity contribution in [3.8, 4) is 0 Å². The lowest BCUT2D eigenvalue weighted by molar-refractivity contribution is 0.112. The highest BCUT2D eigenvalue weighted by molar-refractivity contribution is 5.84. The van der Waals surface area contributed by atoms with Crippen LogP contribution in [0.3, 0.4) is 0 Å². The molecule has 0 aromatic heterocycles. The molecule has 0 bridgehead atoms. The standard InChI is InChI=1S/C24H30F2/c1-2-3-5-16-8-9-18-13-20(11-10-17(18)12-16)21-14-19-6-4-7-23(25)22(19)15-24(21)26/h4,6-7,14-18,20H,2-3,5,8-13H2,1H3. The Bertz CT molecular complexity index is 766. The fourth-order valence-corrected chi connectivity index (χ4v) is 5.62. The quantitative estimate of drug-likeness (QED) is 0.529. The van der Waals surface area contributed by atoms with Gasteiger partial charge in [-0.1, -0.05) is 44.7 Å². The van der Waals surface area contributed by atoms with Crippen LogP contribution in [-0.2, 0) is 0 Å². The van der Waals surface area contributed by atoms with Gasteiger partial charge in [0.15, 0.2) is 0 Å². The summed E-state index contributed by atoms with van der Waals surface area (Å²) in [7, 11) is 0. The third kappa shape index (κ3) is 3.52. The van der Waals surface area contributed by atoms with Crippen molar-refractivity contribution in [2.45, 2.75) is 70.6 Å². The van der Waals surface area contributed by atoms with Gasteiger partial charge in [-0.05, 0) is 84.9 Å². The molecular formula is C24H30F2. The number of unbranched alkanes of at least 4 members (excludes halogenated alkanes) is 1. The van der Waals surface area contributed by atoms with Gasteiger partial charge >= 0.3 is 0 Å². The van der Waals surface area contributed by atoms with Gasteiger partial charge in [-0.15, -0.1) is 0 Å². The van der Waals surface area contributed by atoms with Gasteiger partial charge in [0.1, 0.15) is 11.6 Å². The zero-order chi connectivity index (χ0) is 18.1. The maximum atomic E-state index is 14.7. The van der Waals surface area contributed by atoms with Crippen LogP contribution < -0.4 is 0 Å². The summed E-state index contributed by atoms with van der Waals surface area (Å²) in [5.41, 5.74) is 0.814. The van der Waals surface area contributed by atoms with Gasteiger partial charge in [-0.25, -0.2) is 8.78 Å². The van der Waals surface area contributed by atoms with Gasteiger partial charge in [0.25, 0.3) is 0 Å². The molecule has 0 N–H and O–H groups in total. The van der Waals surface area contributed by atoms with Crippen LogP contribution in [0.25, 0.3) is 10.8 Å². The van der Waals surface area contributed by atoms with Crippen molar-refractivity contribution >= 4 is 10.8 Å². The maximum Gasteiger partial charge on any atom is 0.131 e. The van der Waals surface area contributed by atoms with Gasteiger partial charge in [0.2, 0.25) is 0 Å². The van der Waals surface area contributed by atoms with Gasteiger partial charge in [0, 0.05) is 5.39 Å². The van der Waals surface area contributed by atoms with Gasteiger partial charge in [-0.2, -0.15) is 0 Å². The lowest BCUT2D eigenvalue weighted by Gasteiger charge is -2.42. The van der Waals surface area contributed by atoms with Crippen molar-refractivity contribution in [2.75, 3.05) is 0 Å². The zero-order valence-electron chi connectivity index (χ0n) is 15.8. The predicted octanol–water partition coefficient (Wildman–Crippen LogP) is 7.61. The molecule has 2 aromatic carbocycles. The van der Waals surface area contributed by atoms with E-state index in [0.717, 1.165) is 41.5 Å². The Morgan fingerprint density at radius 2 is 1.73 bits per heavy atom. The molecule has 26 heavy (non-hydrogen) atoms. The second kappa shape index (κ2) is 7.66. The Morgan fingerprint density at radius 1 is 0.923 bits per heavy atom. The minimum atomic E-state index is -0.331. The van der Waals surface area contributed by atoms with Crippen LogP contribution >= 0.6 is 0 Å². The lowest BCUT2D eigenvalue weighted by Crippen LogP contribution is -2.30. The van der Waals surface area contributed by atoms with E-state index in [0.29, 0.717) is 11.3 Å². The molecule has 0 saturated heterocycles. The highest BCUT2D eigenvalue weighted by Crippen LogP contribution is 2.49. The van der Waals surface area contributed by atoms with Crippen LogP contribution in [-0.4, -0.2) is 0 Å². The second-order valence-electron chi connectivity index (χ2n) is 8.69. The van der Waals surface area contributed by atoms with Crippen molar-refractivity contribution in [3.63, 3.8) is 0 Å². The largest absolute Gasteiger partial charge is 0.207 e. The summed E-state index contributed by atoms with van der Waals surface area (Å²) in [6.07, 6.45) is 11.6. The molecule has 0 heterocycles. The molecule has 2 heteroatoms. The molecule has 0 spiro atoms. The minimum Gasteiger partial charge on any atom is -0.207 e. The number of rotatable bonds is 4. The Labute approximate surface area is 156 Å². The van der Waals surface area contributed by atoms with Crippen molar-refractivity contribution < 1.29 is 8.78 Å². The molecule has 0 amide bonds. The molecule has 2 aromatic rings. The Morgan fingerprint density at radius 3 is 2.58 bits per heavy atom. The third-order valence-electron chi connectivity index (χ3n) is 7.07. The molecule has 4 rings (SSSR count). The van der Waals surface area contributed by atoms with Crippen LogP contribution in [0, 0.1) is 29.4 Å². The van der Waals surface area contributed by atoms with Crippen LogP contribution in [0.15, 0.2) is 30.3 Å². The van der Waals surface area contributed by atoms with Crippen molar-refractivity contribution in [2.24, 2.45) is 17.8 Å². The highest BCUT2D eigenvalue weighted by Gasteiger charge is 2.36. The fourth-order valence-electron chi connectivity index (χ4n) is 5.62. The topological polar surface area (TPSA) is 0 Å². The zero-order valence-corrected chi connectivity index (χ0v) is 15.8. The molecule has 0 aliphatic heterocycles. The molecule has 0 nitrogen and oxygen atoms in total. The molecule has 2 saturated carbocycles. The first kappa shape index (κ1) is 17.9. The summed E-state index contributed by atoms with van der Waals surface area (Å²) in [4.78, 5) is 0. The molecule has 4 atom stereocenters. The van der Waals surface area contributed by atoms with Crippen molar-refractivity contribution in [1.29, 1.82) is 0 Å². The Kier molecular flexibility index (Phi) is 5.29. The summed E-state index contributed by atoms with van der Waals surface area (Å²) < 4.78 is 28.7. The van der Waals surface area contributed by atoms with Crippen molar-refractivity contribution in [1.82, 2.24) is 0 Å². The number of halogens is 2. The summed E-state index contributed by atoms with van der Waals surface area (Å²) >= 11 is 0. The normalized spacial score (nSPS) is 28.9. The number of benzene rings is 2. The van der Waals surface area contributed by atoms with E-state index < -0.39 is 0 Å². The van der Waals surface area contributed by atoms with E-state index in [2.05, 4.69) is 6.92 Å².